The van der Waals surface area contributed by atoms with Gasteiger partial charge in [-0.3, -0.25) is 9.59 Å². The summed E-state index contributed by atoms with van der Waals surface area (Å²) in [4.78, 5) is 31.6. The van der Waals surface area contributed by atoms with Crippen LogP contribution < -0.4 is 10.6 Å². The van der Waals surface area contributed by atoms with Crippen molar-refractivity contribution < 1.29 is 14.0 Å². The largest absolute Gasteiger partial charge is 0.338 e. The molecule has 172 valence electrons. The fourth-order valence-electron chi connectivity index (χ4n) is 3.86. The lowest BCUT2D eigenvalue weighted by atomic mass is 10.0. The highest BCUT2D eigenvalue weighted by atomic mass is 19.1. The molecular formula is C28H21FN4O2. The van der Waals surface area contributed by atoms with E-state index in [4.69, 9.17) is 0 Å². The van der Waals surface area contributed by atoms with Crippen molar-refractivity contribution in [3.8, 4) is 22.5 Å². The van der Waals surface area contributed by atoms with Crippen molar-refractivity contribution in [3.05, 3.63) is 102 Å². The minimum atomic E-state index is -0.311. The second kappa shape index (κ2) is 9.23. The highest BCUT2D eigenvalue weighted by Gasteiger charge is 2.10. The van der Waals surface area contributed by atoms with E-state index in [9.17, 15) is 14.0 Å². The van der Waals surface area contributed by atoms with E-state index in [0.29, 0.717) is 33.8 Å². The van der Waals surface area contributed by atoms with Crippen LogP contribution in [0, 0.1) is 5.82 Å². The Morgan fingerprint density at radius 3 is 2.34 bits per heavy atom. The summed E-state index contributed by atoms with van der Waals surface area (Å²) in [5, 5.41) is 5.55. The molecule has 5 rings (SSSR count). The zero-order chi connectivity index (χ0) is 24.4. The zero-order valence-corrected chi connectivity index (χ0v) is 18.8. The van der Waals surface area contributed by atoms with Gasteiger partial charge in [-0.2, -0.15) is 0 Å². The van der Waals surface area contributed by atoms with Crippen LogP contribution in [0.4, 0.5) is 15.8 Å². The van der Waals surface area contributed by atoms with Gasteiger partial charge < -0.3 is 15.6 Å². The summed E-state index contributed by atoms with van der Waals surface area (Å²) in [5.74, 6) is -0.114. The molecule has 0 spiro atoms. The Morgan fingerprint density at radius 1 is 0.771 bits per heavy atom. The molecule has 6 nitrogen and oxygen atoms in total. The molecule has 0 aliphatic carbocycles. The standard InChI is InChI=1S/C28H21FN4O2/c1-17(34)30-24-7-3-6-21(15-24)28(35)31-23-11-8-18(9-12-23)19-4-2-5-20(14-19)27-32-25-13-10-22(29)16-26(25)33-27/h2-16H,1H3,(H,30,34)(H,31,35)(H,32,33). The van der Waals surface area contributed by atoms with Gasteiger partial charge >= 0.3 is 0 Å². The number of amides is 2. The van der Waals surface area contributed by atoms with Gasteiger partial charge in [0.2, 0.25) is 5.91 Å². The molecule has 0 aliphatic rings. The molecule has 0 saturated carbocycles. The van der Waals surface area contributed by atoms with Crippen LogP contribution in [-0.2, 0) is 4.79 Å². The van der Waals surface area contributed by atoms with E-state index in [2.05, 4.69) is 20.6 Å². The number of carbonyl (C=O) groups excluding carboxylic acids is 2. The van der Waals surface area contributed by atoms with E-state index in [0.717, 1.165) is 16.7 Å². The maximum Gasteiger partial charge on any atom is 0.255 e. The number of fused-ring (bicyclic) bond motifs is 1. The second-order valence-corrected chi connectivity index (χ2v) is 8.12. The van der Waals surface area contributed by atoms with Crippen molar-refractivity contribution in [2.24, 2.45) is 0 Å². The van der Waals surface area contributed by atoms with Gasteiger partial charge in [0, 0.05) is 29.4 Å². The van der Waals surface area contributed by atoms with Crippen molar-refractivity contribution >= 4 is 34.2 Å². The Bertz CT molecular complexity index is 1560. The van der Waals surface area contributed by atoms with E-state index >= 15 is 0 Å². The molecule has 1 heterocycles. The number of nitrogens with one attached hydrogen (secondary N) is 3. The predicted molar refractivity (Wildman–Crippen MR) is 136 cm³/mol. The minimum absolute atomic E-state index is 0.198. The van der Waals surface area contributed by atoms with Gasteiger partial charge in [-0.1, -0.05) is 36.4 Å². The summed E-state index contributed by atoms with van der Waals surface area (Å²) in [6.45, 7) is 1.42. The average Bonchev–Trinajstić information content (AvgIpc) is 3.28. The highest BCUT2D eigenvalue weighted by molar-refractivity contribution is 6.05. The zero-order valence-electron chi connectivity index (χ0n) is 18.8. The van der Waals surface area contributed by atoms with Crippen LogP contribution in [0.5, 0.6) is 0 Å². The van der Waals surface area contributed by atoms with Gasteiger partial charge in [-0.05, 0) is 65.7 Å². The molecule has 0 radical (unpaired) electrons. The number of anilines is 2. The SMILES string of the molecule is CC(=O)Nc1cccc(C(=O)Nc2ccc(-c3cccc(-c4nc5ccc(F)cc5[nH]4)c3)cc2)c1. The first kappa shape index (κ1) is 22.0. The maximum atomic E-state index is 13.5. The fraction of sp³-hybridized carbons (Fsp3) is 0.0357. The van der Waals surface area contributed by atoms with Crippen LogP contribution in [0.2, 0.25) is 0 Å². The van der Waals surface area contributed by atoms with Gasteiger partial charge in [0.05, 0.1) is 11.0 Å². The summed E-state index contributed by atoms with van der Waals surface area (Å²) in [6.07, 6.45) is 0. The molecule has 0 unspecified atom stereocenters. The number of imidazole rings is 1. The van der Waals surface area contributed by atoms with Gasteiger partial charge in [0.15, 0.2) is 0 Å². The summed E-state index contributed by atoms with van der Waals surface area (Å²) in [7, 11) is 0. The average molecular weight is 465 g/mol. The molecule has 5 aromatic rings. The van der Waals surface area contributed by atoms with E-state index < -0.39 is 0 Å². The van der Waals surface area contributed by atoms with Crippen LogP contribution in [0.15, 0.2) is 91.0 Å². The molecular weight excluding hydrogens is 443 g/mol. The van der Waals surface area contributed by atoms with E-state index in [1.54, 1.807) is 30.3 Å². The Labute approximate surface area is 200 Å². The van der Waals surface area contributed by atoms with E-state index in [1.807, 2.05) is 48.5 Å². The van der Waals surface area contributed by atoms with Crippen LogP contribution in [-0.4, -0.2) is 21.8 Å². The fourth-order valence-corrected chi connectivity index (χ4v) is 3.86. The van der Waals surface area contributed by atoms with Gasteiger partial charge in [-0.15, -0.1) is 0 Å². The number of hydrogen-bond donors (Lipinski definition) is 3. The lowest BCUT2D eigenvalue weighted by Crippen LogP contribution is -2.13. The van der Waals surface area contributed by atoms with Crippen LogP contribution >= 0.6 is 0 Å². The lowest BCUT2D eigenvalue weighted by molar-refractivity contribution is -0.114. The van der Waals surface area contributed by atoms with Gasteiger partial charge in [0.25, 0.3) is 5.91 Å². The van der Waals surface area contributed by atoms with Crippen molar-refractivity contribution in [1.29, 1.82) is 0 Å². The van der Waals surface area contributed by atoms with Crippen LogP contribution in [0.1, 0.15) is 17.3 Å². The minimum Gasteiger partial charge on any atom is -0.338 e. The summed E-state index contributed by atoms with van der Waals surface area (Å²) in [5.41, 5.74) is 5.85. The lowest BCUT2D eigenvalue weighted by Gasteiger charge is -2.09. The van der Waals surface area contributed by atoms with E-state index in [-0.39, 0.29) is 17.6 Å². The topological polar surface area (TPSA) is 86.9 Å². The Morgan fingerprint density at radius 2 is 1.54 bits per heavy atom. The molecule has 0 bridgehead atoms. The molecule has 2 amide bonds. The van der Waals surface area contributed by atoms with Gasteiger partial charge in [-0.25, -0.2) is 9.37 Å². The summed E-state index contributed by atoms with van der Waals surface area (Å²) < 4.78 is 13.5. The first-order valence-electron chi connectivity index (χ1n) is 11.0. The third kappa shape index (κ3) is 4.94. The predicted octanol–water partition coefficient (Wildman–Crippen LogP) is 6.25. The smallest absolute Gasteiger partial charge is 0.255 e. The molecule has 3 N–H and O–H groups in total. The van der Waals surface area contributed by atoms with Crippen molar-refractivity contribution in [2.45, 2.75) is 6.92 Å². The second-order valence-electron chi connectivity index (χ2n) is 8.12. The normalized spacial score (nSPS) is 10.8. The maximum absolute atomic E-state index is 13.5. The number of H-pyrrole nitrogens is 1. The van der Waals surface area contributed by atoms with Crippen molar-refractivity contribution in [2.75, 3.05) is 10.6 Å². The van der Waals surface area contributed by atoms with Crippen LogP contribution in [0.3, 0.4) is 0 Å². The van der Waals surface area contributed by atoms with Gasteiger partial charge in [0.1, 0.15) is 11.6 Å². The number of halogens is 1. The molecule has 0 atom stereocenters. The Kier molecular flexibility index (Phi) is 5.81. The van der Waals surface area contributed by atoms with Crippen molar-refractivity contribution in [3.63, 3.8) is 0 Å². The third-order valence-electron chi connectivity index (χ3n) is 5.50. The molecule has 0 fully saturated rings. The number of benzene rings is 4. The van der Waals surface area contributed by atoms with Crippen LogP contribution in [0.25, 0.3) is 33.5 Å². The summed E-state index contributed by atoms with van der Waals surface area (Å²) in [6, 6.07) is 26.6. The molecule has 4 aromatic carbocycles. The number of nitrogens with zero attached hydrogens (tertiary/aromatic N) is 1. The van der Waals surface area contributed by atoms with Crippen molar-refractivity contribution in [1.82, 2.24) is 9.97 Å². The van der Waals surface area contributed by atoms with E-state index in [1.165, 1.54) is 19.1 Å². The number of hydrogen-bond acceptors (Lipinski definition) is 3. The molecule has 7 heteroatoms. The summed E-state index contributed by atoms with van der Waals surface area (Å²) >= 11 is 0. The number of aromatic nitrogens is 2. The molecule has 1 aromatic heterocycles. The first-order valence-corrected chi connectivity index (χ1v) is 11.0. The Hall–Kier alpha value is -4.78. The number of carbonyl (C=O) groups is 2. The highest BCUT2D eigenvalue weighted by Crippen LogP contribution is 2.27. The monoisotopic (exact) mass is 464 g/mol. The quantitative estimate of drug-likeness (QED) is 0.287. The first-order chi connectivity index (χ1) is 16.9. The number of rotatable bonds is 5. The molecule has 0 saturated heterocycles. The molecule has 0 aliphatic heterocycles. The molecule has 35 heavy (non-hydrogen) atoms. The Balaban J connectivity index is 1.33. The number of aromatic amines is 1. The third-order valence-corrected chi connectivity index (χ3v) is 5.50.